The number of phenolic OH excluding ortho intramolecular Hbond substituents is 1. The molecule has 4 atom stereocenters. The van der Waals surface area contributed by atoms with Gasteiger partial charge in [-0.2, -0.15) is 0 Å². The molecule has 0 heterocycles. The van der Waals surface area contributed by atoms with E-state index in [9.17, 15) is 5.11 Å². The van der Waals surface area contributed by atoms with E-state index in [1.807, 2.05) is 12.1 Å². The fraction of sp³-hybridized carbons (Fsp3) is 0.667. The first-order valence-electron chi connectivity index (χ1n) is 8.22. The standard InChI is InChI=1S/C18H27NO/c1-13(2-3-14-5-8-18(20)9-6-14)19-12-17-11-15-4-7-16(17)10-15/h5-6,8-9,13,15-17,19-20H,2-4,7,10-12H2,1H3. The highest BCUT2D eigenvalue weighted by atomic mass is 16.3. The average molecular weight is 273 g/mol. The lowest BCUT2D eigenvalue weighted by Gasteiger charge is -2.24. The van der Waals surface area contributed by atoms with Crippen molar-refractivity contribution in [3.05, 3.63) is 29.8 Å². The molecule has 2 aliphatic carbocycles. The maximum absolute atomic E-state index is 9.28. The van der Waals surface area contributed by atoms with Crippen LogP contribution in [0.3, 0.4) is 0 Å². The van der Waals surface area contributed by atoms with Gasteiger partial charge in [0.05, 0.1) is 0 Å². The predicted octanol–water partition coefficient (Wildman–Crippen LogP) is 3.74. The second-order valence-electron chi connectivity index (χ2n) is 6.95. The van der Waals surface area contributed by atoms with Crippen LogP contribution < -0.4 is 5.32 Å². The first kappa shape index (κ1) is 13.9. The molecule has 2 N–H and O–H groups in total. The number of aromatic hydroxyl groups is 1. The maximum Gasteiger partial charge on any atom is 0.115 e. The van der Waals surface area contributed by atoms with Crippen LogP contribution in [-0.4, -0.2) is 17.7 Å². The lowest BCUT2D eigenvalue weighted by Crippen LogP contribution is -2.33. The van der Waals surface area contributed by atoms with Crippen LogP contribution in [0.5, 0.6) is 5.75 Å². The smallest absolute Gasteiger partial charge is 0.115 e. The SMILES string of the molecule is CC(CCc1ccc(O)cc1)NCC1CC2CCC1C2. The molecule has 1 aromatic carbocycles. The number of nitrogens with one attached hydrogen (secondary N) is 1. The van der Waals surface area contributed by atoms with Gasteiger partial charge in [-0.1, -0.05) is 18.6 Å². The minimum Gasteiger partial charge on any atom is -0.508 e. The van der Waals surface area contributed by atoms with Gasteiger partial charge in [0, 0.05) is 6.04 Å². The van der Waals surface area contributed by atoms with Crippen molar-refractivity contribution < 1.29 is 5.11 Å². The lowest BCUT2D eigenvalue weighted by molar-refractivity contribution is 0.306. The number of benzene rings is 1. The molecule has 2 heteroatoms. The van der Waals surface area contributed by atoms with Gasteiger partial charge in [-0.05, 0) is 81.0 Å². The molecule has 2 nitrogen and oxygen atoms in total. The fourth-order valence-electron chi connectivity index (χ4n) is 4.13. The monoisotopic (exact) mass is 273 g/mol. The molecular formula is C18H27NO. The van der Waals surface area contributed by atoms with Crippen LogP contribution in [0.1, 0.15) is 44.6 Å². The molecule has 0 spiro atoms. The Morgan fingerprint density at radius 2 is 2.00 bits per heavy atom. The maximum atomic E-state index is 9.28. The van der Waals surface area contributed by atoms with Gasteiger partial charge in [0.15, 0.2) is 0 Å². The first-order valence-corrected chi connectivity index (χ1v) is 8.22. The molecule has 20 heavy (non-hydrogen) atoms. The second kappa shape index (κ2) is 6.17. The van der Waals surface area contributed by atoms with Crippen LogP contribution in [0.25, 0.3) is 0 Å². The van der Waals surface area contributed by atoms with Crippen molar-refractivity contribution in [2.24, 2.45) is 17.8 Å². The molecule has 1 aromatic rings. The van der Waals surface area contributed by atoms with Gasteiger partial charge in [0.25, 0.3) is 0 Å². The third kappa shape index (κ3) is 3.35. The number of rotatable bonds is 6. The highest BCUT2D eigenvalue weighted by Crippen LogP contribution is 2.47. The molecule has 2 aliphatic rings. The molecule has 2 saturated carbocycles. The van der Waals surface area contributed by atoms with E-state index >= 15 is 0 Å². The molecule has 0 aliphatic heterocycles. The minimum absolute atomic E-state index is 0.358. The fourth-order valence-corrected chi connectivity index (χ4v) is 4.13. The van der Waals surface area contributed by atoms with Gasteiger partial charge in [-0.15, -0.1) is 0 Å². The summed E-state index contributed by atoms with van der Waals surface area (Å²) in [5.74, 6) is 3.39. The van der Waals surface area contributed by atoms with Crippen molar-refractivity contribution >= 4 is 0 Å². The largest absolute Gasteiger partial charge is 0.508 e. The zero-order valence-electron chi connectivity index (χ0n) is 12.5. The highest BCUT2D eigenvalue weighted by molar-refractivity contribution is 5.25. The van der Waals surface area contributed by atoms with E-state index in [4.69, 9.17) is 0 Å². The topological polar surface area (TPSA) is 32.3 Å². The summed E-state index contributed by atoms with van der Waals surface area (Å²) in [5.41, 5.74) is 1.32. The van der Waals surface area contributed by atoms with Crippen LogP contribution in [-0.2, 0) is 6.42 Å². The summed E-state index contributed by atoms with van der Waals surface area (Å²) in [5, 5.41) is 13.0. The number of hydrogen-bond donors (Lipinski definition) is 2. The number of phenols is 1. The normalized spacial score (nSPS) is 29.8. The molecule has 0 radical (unpaired) electrons. The summed E-state index contributed by atoms with van der Waals surface area (Å²) in [6, 6.07) is 8.20. The number of fused-ring (bicyclic) bond motifs is 2. The van der Waals surface area contributed by atoms with Gasteiger partial charge in [-0.25, -0.2) is 0 Å². The van der Waals surface area contributed by atoms with E-state index in [0.717, 1.165) is 24.2 Å². The van der Waals surface area contributed by atoms with E-state index in [2.05, 4.69) is 12.2 Å². The van der Waals surface area contributed by atoms with E-state index in [0.29, 0.717) is 11.8 Å². The van der Waals surface area contributed by atoms with Crippen LogP contribution in [0.4, 0.5) is 0 Å². The number of hydrogen-bond acceptors (Lipinski definition) is 2. The molecule has 2 fully saturated rings. The molecule has 2 bridgehead atoms. The van der Waals surface area contributed by atoms with Crippen LogP contribution in [0.2, 0.25) is 0 Å². The van der Waals surface area contributed by atoms with Gasteiger partial charge in [0.2, 0.25) is 0 Å². The van der Waals surface area contributed by atoms with Gasteiger partial charge < -0.3 is 10.4 Å². The molecule has 110 valence electrons. The number of aryl methyl sites for hydroxylation is 1. The van der Waals surface area contributed by atoms with Gasteiger partial charge in [0.1, 0.15) is 5.75 Å². The van der Waals surface area contributed by atoms with Crippen molar-refractivity contribution in [1.29, 1.82) is 0 Å². The lowest BCUT2D eigenvalue weighted by atomic mass is 9.88. The molecular weight excluding hydrogens is 246 g/mol. The summed E-state index contributed by atoms with van der Waals surface area (Å²) >= 11 is 0. The highest BCUT2D eigenvalue weighted by Gasteiger charge is 2.38. The van der Waals surface area contributed by atoms with Crippen molar-refractivity contribution in [2.75, 3.05) is 6.54 Å². The van der Waals surface area contributed by atoms with Crippen LogP contribution in [0.15, 0.2) is 24.3 Å². The van der Waals surface area contributed by atoms with E-state index < -0.39 is 0 Å². The summed E-state index contributed by atoms with van der Waals surface area (Å²) in [4.78, 5) is 0. The summed E-state index contributed by atoms with van der Waals surface area (Å²) in [7, 11) is 0. The van der Waals surface area contributed by atoms with Crippen molar-refractivity contribution in [1.82, 2.24) is 5.32 Å². The Balaban J connectivity index is 1.37. The zero-order chi connectivity index (χ0) is 13.9. The Morgan fingerprint density at radius 1 is 1.20 bits per heavy atom. The summed E-state index contributed by atoms with van der Waals surface area (Å²) < 4.78 is 0. The molecule has 0 amide bonds. The van der Waals surface area contributed by atoms with Crippen molar-refractivity contribution in [3.8, 4) is 5.75 Å². The Morgan fingerprint density at radius 3 is 2.65 bits per heavy atom. The first-order chi connectivity index (χ1) is 9.70. The Kier molecular flexibility index (Phi) is 4.30. The van der Waals surface area contributed by atoms with E-state index in [1.54, 1.807) is 12.1 Å². The van der Waals surface area contributed by atoms with E-state index in [1.165, 1.54) is 44.2 Å². The van der Waals surface area contributed by atoms with E-state index in [-0.39, 0.29) is 0 Å². The van der Waals surface area contributed by atoms with Crippen LogP contribution in [0, 0.1) is 17.8 Å². The summed E-state index contributed by atoms with van der Waals surface area (Å²) in [6.45, 7) is 3.52. The summed E-state index contributed by atoms with van der Waals surface area (Å²) in [6.07, 6.45) is 8.23. The average Bonchev–Trinajstić information content (AvgIpc) is 3.07. The Bertz CT molecular complexity index is 428. The third-order valence-electron chi connectivity index (χ3n) is 5.42. The predicted molar refractivity (Wildman–Crippen MR) is 82.8 cm³/mol. The third-order valence-corrected chi connectivity index (χ3v) is 5.42. The van der Waals surface area contributed by atoms with Crippen molar-refractivity contribution in [2.45, 2.75) is 51.5 Å². The van der Waals surface area contributed by atoms with Crippen LogP contribution >= 0.6 is 0 Å². The molecule has 0 saturated heterocycles. The van der Waals surface area contributed by atoms with Gasteiger partial charge in [-0.3, -0.25) is 0 Å². The van der Waals surface area contributed by atoms with Crippen molar-refractivity contribution in [3.63, 3.8) is 0 Å². The van der Waals surface area contributed by atoms with Gasteiger partial charge >= 0.3 is 0 Å². The zero-order valence-corrected chi connectivity index (χ0v) is 12.5. The Labute approximate surface area is 122 Å². The molecule has 3 rings (SSSR count). The Hall–Kier alpha value is -1.02. The quantitative estimate of drug-likeness (QED) is 0.827. The molecule has 0 aromatic heterocycles. The second-order valence-corrected chi connectivity index (χ2v) is 6.95. The molecule has 4 unspecified atom stereocenters. The minimum atomic E-state index is 0.358.